The number of hydrogen-bond donors (Lipinski definition) is 1. The highest BCUT2D eigenvalue weighted by atomic mass is 19.4. The fourth-order valence-electron chi connectivity index (χ4n) is 1.47. The first-order valence-electron chi connectivity index (χ1n) is 5.22. The first-order valence-corrected chi connectivity index (χ1v) is 5.22. The van der Waals surface area contributed by atoms with E-state index in [-0.39, 0.29) is 12.3 Å². The van der Waals surface area contributed by atoms with Gasteiger partial charge in [0.05, 0.1) is 12.3 Å². The Morgan fingerprint density at radius 2 is 2.00 bits per heavy atom. The molecule has 0 saturated heterocycles. The average molecular weight is 280 g/mol. The van der Waals surface area contributed by atoms with Gasteiger partial charge >= 0.3 is 18.1 Å². The Labute approximate surface area is 105 Å². The molecule has 1 heterocycles. The maximum absolute atomic E-state index is 12.3. The summed E-state index contributed by atoms with van der Waals surface area (Å²) in [5.74, 6) is -2.60. The molecule has 0 aliphatic carbocycles. The molecule has 1 aromatic heterocycles. The summed E-state index contributed by atoms with van der Waals surface area (Å²) in [5.41, 5.74) is -1.47. The molecule has 19 heavy (non-hydrogen) atoms. The number of aromatic carboxylic acids is 1. The molecule has 0 aliphatic rings. The lowest BCUT2D eigenvalue weighted by Crippen LogP contribution is -2.20. The first-order chi connectivity index (χ1) is 8.67. The van der Waals surface area contributed by atoms with Gasteiger partial charge in [-0.25, -0.2) is 9.59 Å². The molecule has 0 aliphatic heterocycles. The summed E-state index contributed by atoms with van der Waals surface area (Å²) in [7, 11) is 0. The fraction of sp³-hybridized carbons (Fsp3) is 0.500. The van der Waals surface area contributed by atoms with Crippen molar-refractivity contribution in [3.8, 4) is 0 Å². The van der Waals surface area contributed by atoms with Gasteiger partial charge < -0.3 is 9.84 Å². The van der Waals surface area contributed by atoms with E-state index in [1.165, 1.54) is 6.92 Å². The third-order valence-electron chi connectivity index (χ3n) is 2.22. The molecule has 0 amide bonds. The molecule has 6 nitrogen and oxygen atoms in total. The van der Waals surface area contributed by atoms with Crippen LogP contribution < -0.4 is 0 Å². The normalized spacial score (nSPS) is 11.4. The number of alkyl halides is 3. The molecular weight excluding hydrogens is 269 g/mol. The van der Waals surface area contributed by atoms with Crippen molar-refractivity contribution in [2.45, 2.75) is 26.6 Å². The predicted octanol–water partition coefficient (Wildman–Crippen LogP) is 1.63. The third-order valence-corrected chi connectivity index (χ3v) is 2.22. The van der Waals surface area contributed by atoms with Gasteiger partial charge in [-0.05, 0) is 13.8 Å². The van der Waals surface area contributed by atoms with Crippen LogP contribution in [0.2, 0.25) is 0 Å². The number of halogens is 3. The van der Waals surface area contributed by atoms with Crippen molar-refractivity contribution in [3.63, 3.8) is 0 Å². The van der Waals surface area contributed by atoms with Crippen LogP contribution >= 0.6 is 0 Å². The first kappa shape index (κ1) is 15.0. The van der Waals surface area contributed by atoms with Gasteiger partial charge in [0.25, 0.3) is 0 Å². The molecule has 1 rings (SSSR count). The van der Waals surface area contributed by atoms with E-state index < -0.39 is 35.9 Å². The molecule has 9 heteroatoms. The third kappa shape index (κ3) is 3.46. The highest BCUT2D eigenvalue weighted by Gasteiger charge is 2.33. The van der Waals surface area contributed by atoms with E-state index in [0.29, 0.717) is 4.68 Å². The van der Waals surface area contributed by atoms with Gasteiger partial charge in [0, 0.05) is 0 Å². The molecule has 0 radical (unpaired) electrons. The summed E-state index contributed by atoms with van der Waals surface area (Å²) in [6, 6.07) is 0. The molecule has 0 spiro atoms. The van der Waals surface area contributed by atoms with Crippen LogP contribution in [0, 0.1) is 6.92 Å². The highest BCUT2D eigenvalue weighted by molar-refractivity contribution is 6.01. The van der Waals surface area contributed by atoms with E-state index in [1.54, 1.807) is 0 Å². The maximum atomic E-state index is 12.3. The van der Waals surface area contributed by atoms with E-state index >= 15 is 0 Å². The largest absolute Gasteiger partial charge is 0.478 e. The van der Waals surface area contributed by atoms with Gasteiger partial charge in [0.1, 0.15) is 12.1 Å². The summed E-state index contributed by atoms with van der Waals surface area (Å²) in [4.78, 5) is 22.4. The number of carboxylic acid groups (broad SMARTS) is 1. The lowest BCUT2D eigenvalue weighted by Gasteiger charge is -2.07. The summed E-state index contributed by atoms with van der Waals surface area (Å²) in [6.45, 7) is 1.12. The highest BCUT2D eigenvalue weighted by Crippen LogP contribution is 2.21. The second kappa shape index (κ2) is 5.29. The maximum Gasteiger partial charge on any atom is 0.408 e. The fourth-order valence-corrected chi connectivity index (χ4v) is 1.47. The zero-order valence-electron chi connectivity index (χ0n) is 10.1. The van der Waals surface area contributed by atoms with Gasteiger partial charge in [-0.15, -0.1) is 0 Å². The Morgan fingerprint density at radius 1 is 1.42 bits per heavy atom. The summed E-state index contributed by atoms with van der Waals surface area (Å²) in [5, 5.41) is 12.3. The number of ether oxygens (including phenoxy) is 1. The Hall–Kier alpha value is -2.06. The standard InChI is InChI=1S/C10H11F3N2O4/c1-3-19-9(18)7-6(8(16)17)5(2)15(14-7)4-10(11,12)13/h3-4H2,1-2H3,(H,16,17). The average Bonchev–Trinajstić information content (AvgIpc) is 2.54. The number of aromatic nitrogens is 2. The zero-order valence-corrected chi connectivity index (χ0v) is 10.1. The van der Waals surface area contributed by atoms with Gasteiger partial charge in [0.15, 0.2) is 5.69 Å². The van der Waals surface area contributed by atoms with Crippen LogP contribution in [0.1, 0.15) is 33.5 Å². The minimum Gasteiger partial charge on any atom is -0.478 e. The van der Waals surface area contributed by atoms with Crippen molar-refractivity contribution in [1.29, 1.82) is 0 Å². The topological polar surface area (TPSA) is 81.4 Å². The van der Waals surface area contributed by atoms with Crippen molar-refractivity contribution >= 4 is 11.9 Å². The predicted molar refractivity (Wildman–Crippen MR) is 55.9 cm³/mol. The summed E-state index contributed by atoms with van der Waals surface area (Å²) < 4.78 is 41.8. The van der Waals surface area contributed by atoms with Crippen molar-refractivity contribution in [1.82, 2.24) is 9.78 Å². The Morgan fingerprint density at radius 3 is 2.42 bits per heavy atom. The van der Waals surface area contributed by atoms with Crippen molar-refractivity contribution < 1.29 is 32.6 Å². The number of esters is 1. The van der Waals surface area contributed by atoms with Gasteiger partial charge in [-0.1, -0.05) is 0 Å². The Balaban J connectivity index is 3.27. The second-order valence-electron chi connectivity index (χ2n) is 3.61. The molecule has 0 bridgehead atoms. The van der Waals surface area contributed by atoms with E-state index in [1.807, 2.05) is 0 Å². The summed E-state index contributed by atoms with van der Waals surface area (Å²) in [6.07, 6.45) is -4.57. The molecule has 0 fully saturated rings. The number of rotatable bonds is 4. The number of carboxylic acids is 1. The van der Waals surface area contributed by atoms with Crippen LogP contribution in [0.25, 0.3) is 0 Å². The van der Waals surface area contributed by atoms with Gasteiger partial charge in [-0.2, -0.15) is 18.3 Å². The van der Waals surface area contributed by atoms with Crippen LogP contribution in [-0.4, -0.2) is 39.6 Å². The molecule has 0 aromatic carbocycles. The number of carbonyl (C=O) groups excluding carboxylic acids is 1. The quantitative estimate of drug-likeness (QED) is 0.848. The van der Waals surface area contributed by atoms with E-state index in [9.17, 15) is 22.8 Å². The van der Waals surface area contributed by atoms with Crippen LogP contribution in [0.15, 0.2) is 0 Å². The molecule has 0 atom stereocenters. The van der Waals surface area contributed by atoms with Crippen LogP contribution in [0.4, 0.5) is 13.2 Å². The minimum absolute atomic E-state index is 0.0386. The van der Waals surface area contributed by atoms with Crippen LogP contribution in [0.3, 0.4) is 0 Å². The zero-order chi connectivity index (χ0) is 14.8. The SMILES string of the molecule is CCOC(=O)c1nn(CC(F)(F)F)c(C)c1C(=O)O. The van der Waals surface area contributed by atoms with E-state index in [2.05, 4.69) is 9.84 Å². The van der Waals surface area contributed by atoms with Gasteiger partial charge in [0.2, 0.25) is 0 Å². The molecule has 1 aromatic rings. The van der Waals surface area contributed by atoms with E-state index in [4.69, 9.17) is 5.11 Å². The van der Waals surface area contributed by atoms with Crippen molar-refractivity contribution in [3.05, 3.63) is 17.0 Å². The minimum atomic E-state index is -4.57. The smallest absolute Gasteiger partial charge is 0.408 e. The molecule has 106 valence electrons. The number of carbonyl (C=O) groups is 2. The van der Waals surface area contributed by atoms with E-state index in [0.717, 1.165) is 6.92 Å². The van der Waals surface area contributed by atoms with Crippen molar-refractivity contribution in [2.75, 3.05) is 6.61 Å². The van der Waals surface area contributed by atoms with Crippen LogP contribution in [0.5, 0.6) is 0 Å². The number of nitrogens with zero attached hydrogens (tertiary/aromatic N) is 2. The molecule has 0 saturated carbocycles. The van der Waals surface area contributed by atoms with Gasteiger partial charge in [-0.3, -0.25) is 4.68 Å². The lowest BCUT2D eigenvalue weighted by atomic mass is 10.2. The van der Waals surface area contributed by atoms with Crippen LogP contribution in [-0.2, 0) is 11.3 Å². The summed E-state index contributed by atoms with van der Waals surface area (Å²) >= 11 is 0. The number of hydrogen-bond acceptors (Lipinski definition) is 4. The Bertz CT molecular complexity index is 508. The lowest BCUT2D eigenvalue weighted by molar-refractivity contribution is -0.143. The second-order valence-corrected chi connectivity index (χ2v) is 3.61. The molecule has 1 N–H and O–H groups in total. The molecular formula is C10H11F3N2O4. The monoisotopic (exact) mass is 280 g/mol. The molecule has 0 unspecified atom stereocenters. The Kier molecular flexibility index (Phi) is 4.17. The van der Waals surface area contributed by atoms with Crippen molar-refractivity contribution in [2.24, 2.45) is 0 Å².